The van der Waals surface area contributed by atoms with Crippen molar-refractivity contribution in [2.24, 2.45) is 5.41 Å². The molecule has 4 rings (SSSR count). The minimum absolute atomic E-state index is 0.0438. The standard InChI is InChI=1S/C20H17FN2O/c1-20(2)11-14-7-8-15(21)10-18(14)23(19(20)24)16-9-13-5-3-4-6-17(13)22-12-16/h3-10,12H,11H2,1-2H3. The number of pyridine rings is 1. The number of aromatic nitrogens is 1. The van der Waals surface area contributed by atoms with Crippen LogP contribution in [0.4, 0.5) is 15.8 Å². The summed E-state index contributed by atoms with van der Waals surface area (Å²) >= 11 is 0. The number of fused-ring (bicyclic) bond motifs is 2. The summed E-state index contributed by atoms with van der Waals surface area (Å²) in [4.78, 5) is 19.1. The molecule has 0 fully saturated rings. The van der Waals surface area contributed by atoms with Crippen molar-refractivity contribution in [2.75, 3.05) is 4.90 Å². The first kappa shape index (κ1) is 14.8. The fourth-order valence-corrected chi connectivity index (χ4v) is 3.30. The van der Waals surface area contributed by atoms with Crippen LogP contribution >= 0.6 is 0 Å². The molecule has 4 heteroatoms. The molecule has 0 atom stereocenters. The molecule has 0 unspecified atom stereocenters. The van der Waals surface area contributed by atoms with Gasteiger partial charge in [-0.05, 0) is 36.2 Å². The first-order chi connectivity index (χ1) is 11.5. The summed E-state index contributed by atoms with van der Waals surface area (Å²) in [6.07, 6.45) is 2.27. The Bertz CT molecular complexity index is 965. The second-order valence-electron chi connectivity index (χ2n) is 6.86. The van der Waals surface area contributed by atoms with E-state index in [1.807, 2.05) is 44.2 Å². The van der Waals surface area contributed by atoms with Gasteiger partial charge in [0, 0.05) is 10.8 Å². The van der Waals surface area contributed by atoms with Crippen LogP contribution in [0.3, 0.4) is 0 Å². The van der Waals surface area contributed by atoms with E-state index in [4.69, 9.17) is 0 Å². The van der Waals surface area contributed by atoms with Crippen molar-refractivity contribution in [1.82, 2.24) is 4.98 Å². The average molecular weight is 320 g/mol. The van der Waals surface area contributed by atoms with Crippen molar-refractivity contribution in [3.05, 3.63) is 66.1 Å². The number of hydrogen-bond acceptors (Lipinski definition) is 2. The Morgan fingerprint density at radius 1 is 1.12 bits per heavy atom. The Morgan fingerprint density at radius 2 is 1.92 bits per heavy atom. The number of para-hydroxylation sites is 1. The van der Waals surface area contributed by atoms with Gasteiger partial charge >= 0.3 is 0 Å². The van der Waals surface area contributed by atoms with Gasteiger partial charge in [-0.15, -0.1) is 0 Å². The van der Waals surface area contributed by atoms with Gasteiger partial charge in [0.1, 0.15) is 5.82 Å². The van der Waals surface area contributed by atoms with Crippen molar-refractivity contribution in [1.29, 1.82) is 0 Å². The van der Waals surface area contributed by atoms with Gasteiger partial charge in [0.25, 0.3) is 0 Å². The third-order valence-electron chi connectivity index (χ3n) is 4.54. The quantitative estimate of drug-likeness (QED) is 0.655. The summed E-state index contributed by atoms with van der Waals surface area (Å²) in [6.45, 7) is 3.84. The van der Waals surface area contributed by atoms with Crippen LogP contribution in [-0.2, 0) is 11.2 Å². The Hall–Kier alpha value is -2.75. The van der Waals surface area contributed by atoms with Crippen LogP contribution in [0.25, 0.3) is 10.9 Å². The Balaban J connectivity index is 1.94. The number of carbonyl (C=O) groups is 1. The number of hydrogen-bond donors (Lipinski definition) is 0. The Labute approximate surface area is 139 Å². The minimum atomic E-state index is -0.545. The smallest absolute Gasteiger partial charge is 0.237 e. The molecule has 24 heavy (non-hydrogen) atoms. The highest BCUT2D eigenvalue weighted by Gasteiger charge is 2.40. The normalized spacial score (nSPS) is 16.3. The van der Waals surface area contributed by atoms with Gasteiger partial charge in [-0.1, -0.05) is 38.1 Å². The van der Waals surface area contributed by atoms with Crippen LogP contribution in [0.1, 0.15) is 19.4 Å². The molecule has 0 saturated heterocycles. The van der Waals surface area contributed by atoms with Crippen molar-refractivity contribution in [3.8, 4) is 0 Å². The summed E-state index contributed by atoms with van der Waals surface area (Å²) in [5.74, 6) is -0.391. The molecule has 3 aromatic rings. The van der Waals surface area contributed by atoms with Gasteiger partial charge in [-0.25, -0.2) is 4.39 Å². The molecule has 0 spiro atoms. The van der Waals surface area contributed by atoms with Gasteiger partial charge < -0.3 is 0 Å². The van der Waals surface area contributed by atoms with Crippen LogP contribution in [0.2, 0.25) is 0 Å². The van der Waals surface area contributed by atoms with E-state index in [-0.39, 0.29) is 11.7 Å². The van der Waals surface area contributed by atoms with E-state index in [0.717, 1.165) is 16.5 Å². The van der Waals surface area contributed by atoms with E-state index in [9.17, 15) is 9.18 Å². The molecule has 1 aliphatic rings. The van der Waals surface area contributed by atoms with Crippen LogP contribution in [0.5, 0.6) is 0 Å². The second-order valence-corrected chi connectivity index (χ2v) is 6.86. The predicted octanol–water partition coefficient (Wildman–Crippen LogP) is 4.62. The molecule has 0 saturated carbocycles. The van der Waals surface area contributed by atoms with E-state index < -0.39 is 5.41 Å². The maximum absolute atomic E-state index is 13.8. The zero-order valence-corrected chi connectivity index (χ0v) is 13.6. The van der Waals surface area contributed by atoms with Gasteiger partial charge in [-0.3, -0.25) is 14.7 Å². The van der Waals surface area contributed by atoms with E-state index in [1.165, 1.54) is 12.1 Å². The van der Waals surface area contributed by atoms with Gasteiger partial charge in [0.15, 0.2) is 0 Å². The van der Waals surface area contributed by atoms with Crippen LogP contribution in [-0.4, -0.2) is 10.9 Å². The number of carbonyl (C=O) groups excluding carboxylic acids is 1. The number of amides is 1. The third kappa shape index (κ3) is 2.26. The van der Waals surface area contributed by atoms with Gasteiger partial charge in [-0.2, -0.15) is 0 Å². The highest BCUT2D eigenvalue weighted by molar-refractivity contribution is 6.06. The topological polar surface area (TPSA) is 33.2 Å². The van der Waals surface area contributed by atoms with E-state index in [0.29, 0.717) is 17.8 Å². The van der Waals surface area contributed by atoms with E-state index in [1.54, 1.807) is 17.2 Å². The summed E-state index contributed by atoms with van der Waals surface area (Å²) in [7, 11) is 0. The molecule has 0 radical (unpaired) electrons. The zero-order valence-electron chi connectivity index (χ0n) is 13.6. The van der Waals surface area contributed by atoms with Crippen molar-refractivity contribution in [3.63, 3.8) is 0 Å². The molecule has 1 aromatic heterocycles. The lowest BCUT2D eigenvalue weighted by Crippen LogP contribution is -2.43. The van der Waals surface area contributed by atoms with Crippen molar-refractivity contribution < 1.29 is 9.18 Å². The number of anilines is 2. The maximum Gasteiger partial charge on any atom is 0.237 e. The van der Waals surface area contributed by atoms with Crippen LogP contribution < -0.4 is 4.90 Å². The molecule has 1 amide bonds. The molecule has 3 nitrogen and oxygen atoms in total. The summed E-state index contributed by atoms with van der Waals surface area (Å²) in [6, 6.07) is 14.3. The number of rotatable bonds is 1. The highest BCUT2D eigenvalue weighted by Crippen LogP contribution is 2.41. The Morgan fingerprint density at radius 3 is 2.75 bits per heavy atom. The van der Waals surface area contributed by atoms with E-state index >= 15 is 0 Å². The molecule has 2 heterocycles. The molecular weight excluding hydrogens is 303 g/mol. The van der Waals surface area contributed by atoms with Crippen LogP contribution in [0, 0.1) is 11.2 Å². The Kier molecular flexibility index (Phi) is 3.17. The lowest BCUT2D eigenvalue weighted by molar-refractivity contribution is -0.126. The number of halogens is 1. The molecule has 1 aliphatic heterocycles. The maximum atomic E-state index is 13.8. The predicted molar refractivity (Wildman–Crippen MR) is 92.8 cm³/mol. The fourth-order valence-electron chi connectivity index (χ4n) is 3.30. The molecule has 0 aliphatic carbocycles. The monoisotopic (exact) mass is 320 g/mol. The number of benzene rings is 2. The third-order valence-corrected chi connectivity index (χ3v) is 4.54. The molecule has 120 valence electrons. The largest absolute Gasteiger partial charge is 0.279 e. The minimum Gasteiger partial charge on any atom is -0.279 e. The molecule has 2 aromatic carbocycles. The average Bonchev–Trinajstić information content (AvgIpc) is 2.56. The summed E-state index contributed by atoms with van der Waals surface area (Å²) in [5, 5.41) is 0.948. The molecule has 0 bridgehead atoms. The summed E-state index contributed by atoms with van der Waals surface area (Å²) < 4.78 is 13.8. The van der Waals surface area contributed by atoms with Crippen LogP contribution in [0.15, 0.2) is 54.7 Å². The van der Waals surface area contributed by atoms with Gasteiger partial charge in [0.05, 0.1) is 23.1 Å². The highest BCUT2D eigenvalue weighted by atomic mass is 19.1. The van der Waals surface area contributed by atoms with Gasteiger partial charge in [0.2, 0.25) is 5.91 Å². The lowest BCUT2D eigenvalue weighted by atomic mass is 9.80. The van der Waals surface area contributed by atoms with E-state index in [2.05, 4.69) is 4.98 Å². The molecule has 0 N–H and O–H groups in total. The SMILES string of the molecule is CC1(C)Cc2ccc(F)cc2N(c2cnc3ccccc3c2)C1=O. The first-order valence-electron chi connectivity index (χ1n) is 7.93. The summed E-state index contributed by atoms with van der Waals surface area (Å²) in [5.41, 5.74) is 2.56. The first-order valence-corrected chi connectivity index (χ1v) is 7.93. The fraction of sp³-hybridized carbons (Fsp3) is 0.200. The zero-order chi connectivity index (χ0) is 16.9. The number of nitrogens with zero attached hydrogens (tertiary/aromatic N) is 2. The van der Waals surface area contributed by atoms with Crippen molar-refractivity contribution in [2.45, 2.75) is 20.3 Å². The molecular formula is C20H17FN2O. The van der Waals surface area contributed by atoms with Crippen molar-refractivity contribution >= 4 is 28.2 Å². The lowest BCUT2D eigenvalue weighted by Gasteiger charge is -2.38. The second kappa shape index (κ2) is 5.13.